The molecule has 1 heterocycles. The lowest BCUT2D eigenvalue weighted by Crippen LogP contribution is -2.54. The lowest BCUT2D eigenvalue weighted by atomic mass is 10.1. The van der Waals surface area contributed by atoms with Crippen LogP contribution in [0.15, 0.2) is 48.5 Å². The molecule has 1 aliphatic rings. The van der Waals surface area contributed by atoms with E-state index in [0.29, 0.717) is 10.7 Å². The molecule has 2 aromatic rings. The van der Waals surface area contributed by atoms with Gasteiger partial charge in [0.05, 0.1) is 0 Å². The summed E-state index contributed by atoms with van der Waals surface area (Å²) in [6.45, 7) is 2.28. The number of aryl methyl sites for hydroxylation is 1. The molecule has 0 atom stereocenters. The number of hydrogen-bond donors (Lipinski definition) is 1. The summed E-state index contributed by atoms with van der Waals surface area (Å²) in [5, 5.41) is 3.27. The van der Waals surface area contributed by atoms with E-state index in [-0.39, 0.29) is 37.8 Å². The van der Waals surface area contributed by atoms with Gasteiger partial charge in [0.25, 0.3) is 5.91 Å². The Bertz CT molecular complexity index is 869. The first-order valence-corrected chi connectivity index (χ1v) is 9.21. The average molecular weight is 408 g/mol. The summed E-state index contributed by atoms with van der Waals surface area (Å²) in [6, 6.07) is 11.8. The Kier molecular flexibility index (Phi) is 5.84. The number of amides is 3. The molecule has 2 aromatic carbocycles. The summed E-state index contributed by atoms with van der Waals surface area (Å²) in [6.07, 6.45) is 0. The molecule has 1 saturated heterocycles. The van der Waals surface area contributed by atoms with Gasteiger partial charge in [-0.05, 0) is 24.6 Å². The highest BCUT2D eigenvalue weighted by atomic mass is 35.5. The number of carbonyl (C=O) groups is 2. The number of urea groups is 1. The molecule has 0 spiro atoms. The zero-order valence-electron chi connectivity index (χ0n) is 15.3. The quantitative estimate of drug-likeness (QED) is 0.832. The van der Waals surface area contributed by atoms with Gasteiger partial charge in [0.2, 0.25) is 0 Å². The largest absolute Gasteiger partial charge is 0.349 e. The molecule has 0 radical (unpaired) electrons. The lowest BCUT2D eigenvalue weighted by molar-refractivity contribution is -0.160. The van der Waals surface area contributed by atoms with Crippen molar-refractivity contribution in [1.82, 2.24) is 9.80 Å². The summed E-state index contributed by atoms with van der Waals surface area (Å²) in [4.78, 5) is 27.3. The van der Waals surface area contributed by atoms with Crippen molar-refractivity contribution in [2.45, 2.75) is 12.8 Å². The predicted molar refractivity (Wildman–Crippen MR) is 104 cm³/mol. The number of rotatable bonds is 3. The molecule has 28 heavy (non-hydrogen) atoms. The highest BCUT2D eigenvalue weighted by Crippen LogP contribution is 2.30. The van der Waals surface area contributed by atoms with Gasteiger partial charge in [-0.25, -0.2) is 4.79 Å². The Morgan fingerprint density at radius 2 is 1.61 bits per heavy atom. The highest BCUT2D eigenvalue weighted by Gasteiger charge is 2.44. The number of anilines is 1. The Balaban J connectivity index is 1.58. The van der Waals surface area contributed by atoms with Crippen molar-refractivity contribution in [3.8, 4) is 0 Å². The zero-order chi connectivity index (χ0) is 20.3. The fourth-order valence-corrected chi connectivity index (χ4v) is 3.14. The molecule has 0 aliphatic carbocycles. The maximum Gasteiger partial charge on any atom is 0.349 e. The van der Waals surface area contributed by atoms with Gasteiger partial charge in [-0.1, -0.05) is 48.0 Å². The summed E-state index contributed by atoms with van der Waals surface area (Å²) >= 11 is 6.05. The van der Waals surface area contributed by atoms with Crippen molar-refractivity contribution in [3.63, 3.8) is 0 Å². The van der Waals surface area contributed by atoms with Crippen molar-refractivity contribution in [1.29, 1.82) is 0 Å². The first-order valence-electron chi connectivity index (χ1n) is 8.84. The minimum atomic E-state index is -3.59. The number of carbonyl (C=O) groups excluding carboxylic acids is 2. The second kappa shape index (κ2) is 8.14. The first kappa shape index (κ1) is 20.1. The van der Waals surface area contributed by atoms with Crippen LogP contribution in [0.5, 0.6) is 0 Å². The second-order valence-electron chi connectivity index (χ2n) is 6.61. The molecule has 3 rings (SSSR count). The average Bonchev–Trinajstić information content (AvgIpc) is 2.71. The van der Waals surface area contributed by atoms with Crippen molar-refractivity contribution in [2.24, 2.45) is 0 Å². The van der Waals surface area contributed by atoms with E-state index in [1.165, 1.54) is 29.2 Å². The number of piperazine rings is 1. The number of benzene rings is 2. The molecule has 3 amide bonds. The molecule has 148 valence electrons. The second-order valence-corrected chi connectivity index (χ2v) is 7.02. The SMILES string of the molecule is Cc1ccc(NC(=O)N2CCN(C(=O)C(F)(F)c3ccccc3)CC2)cc1Cl. The summed E-state index contributed by atoms with van der Waals surface area (Å²) < 4.78 is 28.9. The molecule has 0 bridgehead atoms. The minimum absolute atomic E-state index is 0.0450. The van der Waals surface area contributed by atoms with Gasteiger partial charge >= 0.3 is 12.0 Å². The van der Waals surface area contributed by atoms with E-state index in [0.717, 1.165) is 10.5 Å². The van der Waals surface area contributed by atoms with Crippen molar-refractivity contribution in [3.05, 3.63) is 64.7 Å². The van der Waals surface area contributed by atoms with Crippen LogP contribution in [0.2, 0.25) is 5.02 Å². The molecule has 1 N–H and O–H groups in total. The van der Waals surface area contributed by atoms with Crippen LogP contribution in [0.1, 0.15) is 11.1 Å². The van der Waals surface area contributed by atoms with Crippen LogP contribution in [-0.4, -0.2) is 47.9 Å². The van der Waals surface area contributed by atoms with E-state index >= 15 is 0 Å². The molecule has 1 fully saturated rings. The fraction of sp³-hybridized carbons (Fsp3) is 0.300. The van der Waals surface area contributed by atoms with E-state index in [4.69, 9.17) is 11.6 Å². The van der Waals surface area contributed by atoms with Crippen LogP contribution in [0.25, 0.3) is 0 Å². The van der Waals surface area contributed by atoms with Gasteiger partial charge in [0.1, 0.15) is 0 Å². The number of nitrogens with zero attached hydrogens (tertiary/aromatic N) is 2. The van der Waals surface area contributed by atoms with Crippen LogP contribution in [0.4, 0.5) is 19.3 Å². The Labute approximate surface area is 166 Å². The van der Waals surface area contributed by atoms with Gasteiger partial charge in [-0.3, -0.25) is 4.79 Å². The van der Waals surface area contributed by atoms with E-state index in [1.54, 1.807) is 24.3 Å². The Morgan fingerprint density at radius 1 is 1.00 bits per heavy atom. The third-order valence-electron chi connectivity index (χ3n) is 4.68. The molecule has 0 aromatic heterocycles. The van der Waals surface area contributed by atoms with Gasteiger partial charge in [0.15, 0.2) is 0 Å². The van der Waals surface area contributed by atoms with Gasteiger partial charge in [-0.15, -0.1) is 0 Å². The maximum absolute atomic E-state index is 14.5. The van der Waals surface area contributed by atoms with Gasteiger partial charge < -0.3 is 15.1 Å². The predicted octanol–water partition coefficient (Wildman–Crippen LogP) is 4.12. The minimum Gasteiger partial charge on any atom is -0.334 e. The molecule has 8 heteroatoms. The molecule has 1 aliphatic heterocycles. The standard InChI is InChI=1S/C20H20ClF2N3O2/c1-14-7-8-16(13-17(14)21)24-19(28)26-11-9-25(10-12-26)18(27)20(22,23)15-5-3-2-4-6-15/h2-8,13H,9-12H2,1H3,(H,24,28). The topological polar surface area (TPSA) is 52.7 Å². The third-order valence-corrected chi connectivity index (χ3v) is 5.09. The van der Waals surface area contributed by atoms with Gasteiger partial charge in [-0.2, -0.15) is 8.78 Å². The molecule has 5 nitrogen and oxygen atoms in total. The Morgan fingerprint density at radius 3 is 2.21 bits per heavy atom. The smallest absolute Gasteiger partial charge is 0.334 e. The third kappa shape index (κ3) is 4.25. The van der Waals surface area contributed by atoms with Crippen molar-refractivity contribution >= 4 is 29.2 Å². The maximum atomic E-state index is 14.5. The first-order chi connectivity index (χ1) is 13.3. The van der Waals surface area contributed by atoms with E-state index in [1.807, 2.05) is 6.92 Å². The van der Waals surface area contributed by atoms with Crippen LogP contribution in [0, 0.1) is 6.92 Å². The van der Waals surface area contributed by atoms with Crippen molar-refractivity contribution < 1.29 is 18.4 Å². The molecule has 0 saturated carbocycles. The zero-order valence-corrected chi connectivity index (χ0v) is 16.0. The van der Waals surface area contributed by atoms with Gasteiger partial charge in [0, 0.05) is 42.5 Å². The number of hydrogen-bond acceptors (Lipinski definition) is 2. The summed E-state index contributed by atoms with van der Waals surface area (Å²) in [5.74, 6) is -4.84. The number of alkyl halides is 2. The molecular weight excluding hydrogens is 388 g/mol. The lowest BCUT2D eigenvalue weighted by Gasteiger charge is -2.36. The fourth-order valence-electron chi connectivity index (χ4n) is 2.96. The van der Waals surface area contributed by atoms with Crippen LogP contribution in [0.3, 0.4) is 0 Å². The Hall–Kier alpha value is -2.67. The van der Waals surface area contributed by atoms with E-state index < -0.39 is 11.8 Å². The number of nitrogens with one attached hydrogen (secondary N) is 1. The van der Waals surface area contributed by atoms with Crippen LogP contribution < -0.4 is 5.32 Å². The highest BCUT2D eigenvalue weighted by molar-refractivity contribution is 6.31. The van der Waals surface area contributed by atoms with Crippen molar-refractivity contribution in [2.75, 3.05) is 31.5 Å². The number of halogens is 3. The van der Waals surface area contributed by atoms with E-state index in [9.17, 15) is 18.4 Å². The van der Waals surface area contributed by atoms with E-state index in [2.05, 4.69) is 5.32 Å². The van der Waals surface area contributed by atoms with Crippen LogP contribution in [-0.2, 0) is 10.7 Å². The molecule has 0 unspecified atom stereocenters. The monoisotopic (exact) mass is 407 g/mol. The summed E-state index contributed by atoms with van der Waals surface area (Å²) in [5.41, 5.74) is 1.11. The molecular formula is C20H20ClF2N3O2. The summed E-state index contributed by atoms with van der Waals surface area (Å²) in [7, 11) is 0. The normalized spacial score (nSPS) is 14.7. The van der Waals surface area contributed by atoms with Crippen LogP contribution >= 0.6 is 11.6 Å².